The molecule has 0 radical (unpaired) electrons. The van der Waals surface area contributed by atoms with Gasteiger partial charge in [0.1, 0.15) is 6.61 Å². The molecule has 0 spiro atoms. The zero-order chi connectivity index (χ0) is 24.6. The van der Waals surface area contributed by atoms with Crippen molar-refractivity contribution in [3.05, 3.63) is 98.0 Å². The number of nitrogens with zero attached hydrogens (tertiary/aromatic N) is 1. The van der Waals surface area contributed by atoms with Crippen LogP contribution < -0.4 is 20.2 Å². The van der Waals surface area contributed by atoms with Gasteiger partial charge in [-0.25, -0.2) is 5.43 Å². The van der Waals surface area contributed by atoms with Crippen molar-refractivity contribution in [2.75, 3.05) is 19.0 Å². The third kappa shape index (κ3) is 6.73. The fourth-order valence-corrected chi connectivity index (χ4v) is 4.51. The third-order valence-electron chi connectivity index (χ3n) is 5.18. The molecule has 1 amide bonds. The van der Waals surface area contributed by atoms with E-state index in [-0.39, 0.29) is 12.5 Å². The van der Waals surface area contributed by atoms with Gasteiger partial charge < -0.3 is 14.8 Å². The lowest BCUT2D eigenvalue weighted by Gasteiger charge is -2.13. The highest BCUT2D eigenvalue weighted by molar-refractivity contribution is 14.1. The molecule has 4 aromatic rings. The quantitative estimate of drug-likeness (QED) is 0.127. The van der Waals surface area contributed by atoms with Crippen molar-refractivity contribution in [2.24, 2.45) is 5.10 Å². The van der Waals surface area contributed by atoms with Crippen LogP contribution in [-0.4, -0.2) is 25.8 Å². The van der Waals surface area contributed by atoms with E-state index in [1.165, 1.54) is 0 Å². The van der Waals surface area contributed by atoms with Crippen LogP contribution in [0, 0.1) is 3.57 Å². The van der Waals surface area contributed by atoms with Crippen molar-refractivity contribution in [2.45, 2.75) is 6.61 Å². The molecule has 0 saturated heterocycles. The number of benzene rings is 4. The molecular formula is C27H23BrIN3O3. The van der Waals surface area contributed by atoms with E-state index in [0.717, 1.165) is 35.6 Å². The van der Waals surface area contributed by atoms with Crippen molar-refractivity contribution >= 4 is 67.1 Å². The standard InChI is InChI=1S/C27H23BrIN3O3/c1-34-25-14-19(13-23(29)27(25)35-17-18-9-11-21(28)12-10-18)15-31-32-26(33)16-30-24-8-4-6-20-5-2-3-7-22(20)24/h2-15,30H,16-17H2,1H3,(H,32,33)/b31-15-. The number of carbonyl (C=O) groups excluding carboxylic acids is 1. The monoisotopic (exact) mass is 643 g/mol. The molecule has 4 aromatic carbocycles. The average molecular weight is 644 g/mol. The number of halogens is 2. The second-order valence-electron chi connectivity index (χ2n) is 7.62. The van der Waals surface area contributed by atoms with E-state index in [1.807, 2.05) is 78.9 Å². The number of nitrogens with one attached hydrogen (secondary N) is 2. The van der Waals surface area contributed by atoms with Gasteiger partial charge in [-0.15, -0.1) is 0 Å². The molecule has 0 atom stereocenters. The number of hydrazone groups is 1. The van der Waals surface area contributed by atoms with Crippen LogP contribution in [0.3, 0.4) is 0 Å². The molecule has 0 heterocycles. The van der Waals surface area contributed by atoms with E-state index in [9.17, 15) is 4.79 Å². The maximum atomic E-state index is 12.3. The Labute approximate surface area is 226 Å². The minimum absolute atomic E-state index is 0.106. The van der Waals surface area contributed by atoms with Crippen LogP contribution in [0.5, 0.6) is 11.5 Å². The first-order valence-electron chi connectivity index (χ1n) is 10.8. The Kier molecular flexibility index (Phi) is 8.59. The minimum Gasteiger partial charge on any atom is -0.493 e. The number of methoxy groups -OCH3 is 1. The van der Waals surface area contributed by atoms with Crippen LogP contribution in [0.15, 0.2) is 88.4 Å². The molecule has 0 aliphatic carbocycles. The summed E-state index contributed by atoms with van der Waals surface area (Å²) in [6.07, 6.45) is 1.58. The third-order valence-corrected chi connectivity index (χ3v) is 6.51. The number of fused-ring (bicyclic) bond motifs is 1. The summed E-state index contributed by atoms with van der Waals surface area (Å²) in [5.74, 6) is 1.01. The summed E-state index contributed by atoms with van der Waals surface area (Å²) in [7, 11) is 1.60. The molecule has 0 bridgehead atoms. The molecule has 6 nitrogen and oxygen atoms in total. The number of rotatable bonds is 9. The molecule has 0 fully saturated rings. The van der Waals surface area contributed by atoms with Crippen LogP contribution in [-0.2, 0) is 11.4 Å². The van der Waals surface area contributed by atoms with Gasteiger partial charge in [-0.3, -0.25) is 4.79 Å². The molecule has 0 unspecified atom stereocenters. The Bertz CT molecular complexity index is 1350. The van der Waals surface area contributed by atoms with Gasteiger partial charge in [0.2, 0.25) is 0 Å². The molecule has 0 aliphatic heterocycles. The molecule has 8 heteroatoms. The van der Waals surface area contributed by atoms with Gasteiger partial charge in [-0.1, -0.05) is 64.5 Å². The van der Waals surface area contributed by atoms with Gasteiger partial charge in [-0.2, -0.15) is 5.10 Å². The highest BCUT2D eigenvalue weighted by Crippen LogP contribution is 2.34. The van der Waals surface area contributed by atoms with E-state index < -0.39 is 0 Å². The smallest absolute Gasteiger partial charge is 0.259 e. The number of hydrogen-bond acceptors (Lipinski definition) is 5. The van der Waals surface area contributed by atoms with Crippen LogP contribution in [0.1, 0.15) is 11.1 Å². The Hall–Kier alpha value is -3.11. The van der Waals surface area contributed by atoms with Crippen molar-refractivity contribution < 1.29 is 14.3 Å². The first-order valence-corrected chi connectivity index (χ1v) is 12.7. The van der Waals surface area contributed by atoms with Crippen LogP contribution in [0.25, 0.3) is 10.8 Å². The van der Waals surface area contributed by atoms with Crippen molar-refractivity contribution in [3.63, 3.8) is 0 Å². The molecular weight excluding hydrogens is 621 g/mol. The van der Waals surface area contributed by atoms with Crippen LogP contribution >= 0.6 is 38.5 Å². The summed E-state index contributed by atoms with van der Waals surface area (Å²) in [5, 5.41) is 9.45. The van der Waals surface area contributed by atoms with Crippen molar-refractivity contribution in [3.8, 4) is 11.5 Å². The summed E-state index contributed by atoms with van der Waals surface area (Å²) in [6, 6.07) is 25.7. The summed E-state index contributed by atoms with van der Waals surface area (Å²) in [5.41, 5.74) is 5.30. The molecule has 178 valence electrons. The zero-order valence-electron chi connectivity index (χ0n) is 18.9. The van der Waals surface area contributed by atoms with Crippen LogP contribution in [0.4, 0.5) is 5.69 Å². The second-order valence-corrected chi connectivity index (χ2v) is 9.70. The van der Waals surface area contributed by atoms with Gasteiger partial charge in [0.25, 0.3) is 5.91 Å². The average Bonchev–Trinajstić information content (AvgIpc) is 2.87. The molecule has 2 N–H and O–H groups in total. The topological polar surface area (TPSA) is 72.0 Å². The van der Waals surface area contributed by atoms with Gasteiger partial charge in [0, 0.05) is 15.5 Å². The second kappa shape index (κ2) is 12.0. The summed E-state index contributed by atoms with van der Waals surface area (Å²) >= 11 is 5.64. The van der Waals surface area contributed by atoms with Gasteiger partial charge >= 0.3 is 0 Å². The highest BCUT2D eigenvalue weighted by atomic mass is 127. The number of anilines is 1. The molecule has 0 saturated carbocycles. The molecule has 35 heavy (non-hydrogen) atoms. The van der Waals surface area contributed by atoms with E-state index in [0.29, 0.717) is 18.1 Å². The lowest BCUT2D eigenvalue weighted by Crippen LogP contribution is -2.25. The first kappa shape index (κ1) is 25.0. The summed E-state index contributed by atoms with van der Waals surface area (Å²) in [6.45, 7) is 0.530. The maximum Gasteiger partial charge on any atom is 0.259 e. The zero-order valence-corrected chi connectivity index (χ0v) is 22.7. The SMILES string of the molecule is COc1cc(/C=N\NC(=O)CNc2cccc3ccccc23)cc(I)c1OCc1ccc(Br)cc1. The molecule has 0 aromatic heterocycles. The first-order chi connectivity index (χ1) is 17.0. The number of carbonyl (C=O) groups is 1. The normalized spacial score (nSPS) is 10.9. The lowest BCUT2D eigenvalue weighted by atomic mass is 10.1. The van der Waals surface area contributed by atoms with Crippen molar-refractivity contribution in [1.82, 2.24) is 5.43 Å². The predicted octanol–water partition coefficient (Wildman–Crippen LogP) is 6.36. The largest absolute Gasteiger partial charge is 0.493 e. The Morgan fingerprint density at radius 1 is 1.06 bits per heavy atom. The number of amides is 1. The summed E-state index contributed by atoms with van der Waals surface area (Å²) < 4.78 is 13.4. The van der Waals surface area contributed by atoms with E-state index in [4.69, 9.17) is 9.47 Å². The fourth-order valence-electron chi connectivity index (χ4n) is 3.46. The van der Waals surface area contributed by atoms with Gasteiger partial charge in [0.15, 0.2) is 11.5 Å². The summed E-state index contributed by atoms with van der Waals surface area (Å²) in [4.78, 5) is 12.3. The Morgan fingerprint density at radius 2 is 1.83 bits per heavy atom. The van der Waals surface area contributed by atoms with Crippen LogP contribution in [0.2, 0.25) is 0 Å². The Morgan fingerprint density at radius 3 is 2.63 bits per heavy atom. The Balaban J connectivity index is 1.35. The van der Waals surface area contributed by atoms with E-state index >= 15 is 0 Å². The minimum atomic E-state index is -0.245. The number of ether oxygens (including phenoxy) is 2. The molecule has 0 aliphatic rings. The fraction of sp³-hybridized carbons (Fsp3) is 0.111. The number of hydrogen-bond donors (Lipinski definition) is 2. The van der Waals surface area contributed by atoms with Gasteiger partial charge in [0.05, 0.1) is 23.4 Å². The maximum absolute atomic E-state index is 12.3. The van der Waals surface area contributed by atoms with E-state index in [2.05, 4.69) is 54.4 Å². The molecule has 4 rings (SSSR count). The van der Waals surface area contributed by atoms with Gasteiger partial charge in [-0.05, 0) is 69.4 Å². The van der Waals surface area contributed by atoms with E-state index in [1.54, 1.807) is 13.3 Å². The predicted molar refractivity (Wildman–Crippen MR) is 152 cm³/mol. The lowest BCUT2D eigenvalue weighted by molar-refractivity contribution is -0.119. The highest BCUT2D eigenvalue weighted by Gasteiger charge is 2.12. The van der Waals surface area contributed by atoms with Crippen molar-refractivity contribution in [1.29, 1.82) is 0 Å².